The Morgan fingerprint density at radius 2 is 2.25 bits per heavy atom. The number of nitrogens with one attached hydrogen (secondary N) is 1. The van der Waals surface area contributed by atoms with Crippen molar-refractivity contribution in [3.63, 3.8) is 0 Å². The molecule has 2 rings (SSSR count). The third-order valence-corrected chi connectivity index (χ3v) is 3.19. The minimum absolute atomic E-state index is 0.166. The first-order valence-electron chi connectivity index (χ1n) is 5.58. The van der Waals surface area contributed by atoms with Gasteiger partial charge in [0.2, 0.25) is 0 Å². The van der Waals surface area contributed by atoms with Crippen molar-refractivity contribution >= 4 is 11.7 Å². The van der Waals surface area contributed by atoms with Gasteiger partial charge in [-0.3, -0.25) is 4.79 Å². The van der Waals surface area contributed by atoms with Crippen LogP contribution in [0.2, 0.25) is 0 Å². The second-order valence-electron chi connectivity index (χ2n) is 5.00. The molecular formula is C13H17NO2. The SMILES string of the molecule is CC(C)(CC(=O)O)c1ccc2c(c1)CCN2. The first kappa shape index (κ1) is 11.0. The fourth-order valence-corrected chi connectivity index (χ4v) is 2.21. The highest BCUT2D eigenvalue weighted by atomic mass is 16.4. The lowest BCUT2D eigenvalue weighted by Gasteiger charge is -2.23. The zero-order valence-corrected chi connectivity index (χ0v) is 9.71. The number of anilines is 1. The van der Waals surface area contributed by atoms with Gasteiger partial charge in [0, 0.05) is 17.6 Å². The third-order valence-electron chi connectivity index (χ3n) is 3.19. The third kappa shape index (κ3) is 2.03. The number of carboxylic acids is 1. The maximum absolute atomic E-state index is 10.8. The maximum Gasteiger partial charge on any atom is 0.304 e. The van der Waals surface area contributed by atoms with Gasteiger partial charge in [-0.25, -0.2) is 0 Å². The molecular weight excluding hydrogens is 202 g/mol. The van der Waals surface area contributed by atoms with Gasteiger partial charge in [-0.15, -0.1) is 0 Å². The molecule has 0 unspecified atom stereocenters. The number of hydrogen-bond acceptors (Lipinski definition) is 2. The lowest BCUT2D eigenvalue weighted by Crippen LogP contribution is -2.21. The molecule has 0 saturated heterocycles. The molecule has 1 aromatic rings. The van der Waals surface area contributed by atoms with E-state index in [2.05, 4.69) is 17.4 Å². The topological polar surface area (TPSA) is 49.3 Å². The van der Waals surface area contributed by atoms with Gasteiger partial charge < -0.3 is 10.4 Å². The van der Waals surface area contributed by atoms with Crippen molar-refractivity contribution < 1.29 is 9.90 Å². The summed E-state index contributed by atoms with van der Waals surface area (Å²) < 4.78 is 0. The van der Waals surface area contributed by atoms with Crippen LogP contribution in [0.15, 0.2) is 18.2 Å². The monoisotopic (exact) mass is 219 g/mol. The molecule has 16 heavy (non-hydrogen) atoms. The Bertz CT molecular complexity index is 424. The van der Waals surface area contributed by atoms with E-state index < -0.39 is 5.97 Å². The molecule has 0 amide bonds. The summed E-state index contributed by atoms with van der Waals surface area (Å²) in [6.45, 7) is 4.94. The number of aliphatic carboxylic acids is 1. The van der Waals surface area contributed by atoms with E-state index in [4.69, 9.17) is 5.11 Å². The first-order chi connectivity index (χ1) is 7.49. The highest BCUT2D eigenvalue weighted by molar-refractivity contribution is 5.69. The molecule has 1 aliphatic rings. The van der Waals surface area contributed by atoms with Crippen molar-refractivity contribution in [2.45, 2.75) is 32.1 Å². The van der Waals surface area contributed by atoms with Crippen LogP contribution in [0, 0.1) is 0 Å². The predicted molar refractivity (Wildman–Crippen MR) is 63.9 cm³/mol. The summed E-state index contributed by atoms with van der Waals surface area (Å²) in [6, 6.07) is 6.22. The lowest BCUT2D eigenvalue weighted by atomic mass is 9.81. The summed E-state index contributed by atoms with van der Waals surface area (Å²) in [7, 11) is 0. The molecule has 3 heteroatoms. The molecule has 1 aromatic carbocycles. The number of carbonyl (C=O) groups is 1. The Labute approximate surface area is 95.5 Å². The molecule has 1 aliphatic heterocycles. The van der Waals surface area contributed by atoms with Crippen LogP contribution in [0.4, 0.5) is 5.69 Å². The largest absolute Gasteiger partial charge is 0.481 e. The Hall–Kier alpha value is -1.51. The Balaban J connectivity index is 2.30. The van der Waals surface area contributed by atoms with E-state index in [1.807, 2.05) is 19.9 Å². The van der Waals surface area contributed by atoms with Crippen molar-refractivity contribution in [2.75, 3.05) is 11.9 Å². The molecule has 0 aromatic heterocycles. The van der Waals surface area contributed by atoms with E-state index >= 15 is 0 Å². The molecule has 1 heterocycles. The molecule has 0 bridgehead atoms. The highest BCUT2D eigenvalue weighted by Gasteiger charge is 2.25. The van der Waals surface area contributed by atoms with Crippen LogP contribution in [0.25, 0.3) is 0 Å². The van der Waals surface area contributed by atoms with E-state index in [-0.39, 0.29) is 11.8 Å². The number of rotatable bonds is 3. The fourth-order valence-electron chi connectivity index (χ4n) is 2.21. The molecule has 2 N–H and O–H groups in total. The Morgan fingerprint density at radius 3 is 2.94 bits per heavy atom. The smallest absolute Gasteiger partial charge is 0.304 e. The van der Waals surface area contributed by atoms with Crippen LogP contribution >= 0.6 is 0 Å². The molecule has 0 aliphatic carbocycles. The predicted octanol–water partition coefficient (Wildman–Crippen LogP) is 2.41. The summed E-state index contributed by atoms with van der Waals surface area (Å²) in [5.74, 6) is -0.747. The van der Waals surface area contributed by atoms with Crippen LogP contribution in [0.1, 0.15) is 31.4 Å². The van der Waals surface area contributed by atoms with Crippen molar-refractivity contribution in [2.24, 2.45) is 0 Å². The Morgan fingerprint density at radius 1 is 1.50 bits per heavy atom. The van der Waals surface area contributed by atoms with Gasteiger partial charge in [-0.1, -0.05) is 26.0 Å². The summed E-state index contributed by atoms with van der Waals surface area (Å²) in [4.78, 5) is 10.8. The van der Waals surface area contributed by atoms with Crippen LogP contribution < -0.4 is 5.32 Å². The summed E-state index contributed by atoms with van der Waals surface area (Å²) >= 11 is 0. The average Bonchev–Trinajstić information content (AvgIpc) is 2.61. The van der Waals surface area contributed by atoms with Crippen molar-refractivity contribution in [3.05, 3.63) is 29.3 Å². The van der Waals surface area contributed by atoms with Crippen molar-refractivity contribution in [1.82, 2.24) is 0 Å². The van der Waals surface area contributed by atoms with Crippen molar-refractivity contribution in [3.8, 4) is 0 Å². The molecule has 0 spiro atoms. The minimum Gasteiger partial charge on any atom is -0.481 e. The maximum atomic E-state index is 10.8. The summed E-state index contributed by atoms with van der Waals surface area (Å²) in [6.07, 6.45) is 1.20. The number of benzene rings is 1. The van der Waals surface area contributed by atoms with E-state index in [0.717, 1.165) is 18.5 Å². The van der Waals surface area contributed by atoms with Crippen LogP contribution in [0.5, 0.6) is 0 Å². The van der Waals surface area contributed by atoms with Crippen molar-refractivity contribution in [1.29, 1.82) is 0 Å². The minimum atomic E-state index is -0.747. The molecule has 86 valence electrons. The van der Waals surface area contributed by atoms with Gasteiger partial charge in [-0.2, -0.15) is 0 Å². The molecule has 0 atom stereocenters. The zero-order chi connectivity index (χ0) is 11.8. The Kier molecular flexibility index (Phi) is 2.62. The van der Waals surface area contributed by atoms with Gasteiger partial charge in [0.1, 0.15) is 0 Å². The summed E-state index contributed by atoms with van der Waals surface area (Å²) in [5.41, 5.74) is 3.30. The zero-order valence-electron chi connectivity index (χ0n) is 9.71. The molecule has 0 radical (unpaired) electrons. The van der Waals surface area contributed by atoms with Gasteiger partial charge in [0.25, 0.3) is 0 Å². The molecule has 3 nitrogen and oxygen atoms in total. The quantitative estimate of drug-likeness (QED) is 0.820. The molecule has 0 saturated carbocycles. The van der Waals surface area contributed by atoms with E-state index in [0.29, 0.717) is 0 Å². The normalized spacial score (nSPS) is 14.4. The number of hydrogen-bond donors (Lipinski definition) is 2. The lowest BCUT2D eigenvalue weighted by molar-refractivity contribution is -0.138. The second kappa shape index (κ2) is 3.81. The van der Waals surface area contributed by atoms with Crippen LogP contribution in [0.3, 0.4) is 0 Å². The van der Waals surface area contributed by atoms with Crippen LogP contribution in [-0.4, -0.2) is 17.6 Å². The fraction of sp³-hybridized carbons (Fsp3) is 0.462. The number of fused-ring (bicyclic) bond motifs is 1. The summed E-state index contributed by atoms with van der Waals surface area (Å²) in [5, 5.41) is 12.2. The van der Waals surface area contributed by atoms with Crippen LogP contribution in [-0.2, 0) is 16.6 Å². The highest BCUT2D eigenvalue weighted by Crippen LogP contribution is 2.31. The van der Waals surface area contributed by atoms with Gasteiger partial charge in [-0.05, 0) is 23.6 Å². The van der Waals surface area contributed by atoms with E-state index in [1.165, 1.54) is 11.3 Å². The first-order valence-corrected chi connectivity index (χ1v) is 5.58. The van der Waals surface area contributed by atoms with E-state index in [9.17, 15) is 4.79 Å². The van der Waals surface area contributed by atoms with Gasteiger partial charge >= 0.3 is 5.97 Å². The second-order valence-corrected chi connectivity index (χ2v) is 5.00. The standard InChI is InChI=1S/C13H17NO2/c1-13(2,8-12(15)16)10-3-4-11-9(7-10)5-6-14-11/h3-4,7,14H,5-6,8H2,1-2H3,(H,15,16). The number of carboxylic acid groups (broad SMARTS) is 1. The molecule has 0 fully saturated rings. The average molecular weight is 219 g/mol. The van der Waals surface area contributed by atoms with Gasteiger partial charge in [0.15, 0.2) is 0 Å². The van der Waals surface area contributed by atoms with Gasteiger partial charge in [0.05, 0.1) is 6.42 Å². The van der Waals surface area contributed by atoms with E-state index in [1.54, 1.807) is 0 Å².